The molecule has 0 bridgehead atoms. The van der Waals surface area contributed by atoms with Crippen LogP contribution >= 0.6 is 0 Å². The quantitative estimate of drug-likeness (QED) is 0.428. The molecule has 6 heteroatoms. The summed E-state index contributed by atoms with van der Waals surface area (Å²) in [5, 5.41) is 16.3. The SMILES string of the molecule is CCOC(=O)c1[nH]c2ccc(C)cc2c1CNCC1CCCCC1(O)c1cccc(OC)c1. The standard InChI is InChI=1S/C27H34N2O4/c1-4-33-26(30)25-23(22-14-18(2)11-12-24(22)29-25)17-28-16-20-8-5-6-13-27(20,31)19-9-7-10-21(15-19)32-3/h7,9-12,14-15,20,28-29,31H,4-6,8,13,16-17H2,1-3H3. The normalized spacial score (nSPS) is 20.7. The van der Waals surface area contributed by atoms with E-state index in [1.165, 1.54) is 0 Å². The first-order valence-electron chi connectivity index (χ1n) is 11.8. The molecule has 0 spiro atoms. The Morgan fingerprint density at radius 1 is 1.24 bits per heavy atom. The molecule has 3 N–H and O–H groups in total. The largest absolute Gasteiger partial charge is 0.497 e. The number of aromatic nitrogens is 1. The van der Waals surface area contributed by atoms with Crippen LogP contribution in [0.4, 0.5) is 0 Å². The Labute approximate surface area is 195 Å². The third-order valence-electron chi connectivity index (χ3n) is 6.84. The summed E-state index contributed by atoms with van der Waals surface area (Å²) in [5.41, 5.74) is 3.47. The molecule has 2 unspecified atom stereocenters. The van der Waals surface area contributed by atoms with Gasteiger partial charge >= 0.3 is 5.97 Å². The number of hydrogen-bond acceptors (Lipinski definition) is 5. The number of nitrogens with one attached hydrogen (secondary N) is 2. The molecule has 1 aliphatic rings. The van der Waals surface area contributed by atoms with Crippen LogP contribution in [0.2, 0.25) is 0 Å². The van der Waals surface area contributed by atoms with E-state index in [1.807, 2.05) is 50.2 Å². The minimum atomic E-state index is -0.902. The lowest BCUT2D eigenvalue weighted by molar-refractivity contribution is -0.0538. The number of carbonyl (C=O) groups is 1. The van der Waals surface area contributed by atoms with E-state index in [2.05, 4.69) is 16.4 Å². The molecular weight excluding hydrogens is 416 g/mol. The van der Waals surface area contributed by atoms with Gasteiger partial charge in [-0.25, -0.2) is 4.79 Å². The lowest BCUT2D eigenvalue weighted by atomic mass is 9.71. The summed E-state index contributed by atoms with van der Waals surface area (Å²) in [6.07, 6.45) is 3.77. The van der Waals surface area contributed by atoms with Crippen molar-refractivity contribution < 1.29 is 19.4 Å². The number of ether oxygens (including phenoxy) is 2. The molecule has 3 aromatic rings. The number of methoxy groups -OCH3 is 1. The Kier molecular flexibility index (Phi) is 7.05. The molecule has 0 saturated heterocycles. The van der Waals surface area contributed by atoms with Crippen molar-refractivity contribution in [1.82, 2.24) is 10.3 Å². The van der Waals surface area contributed by atoms with E-state index in [9.17, 15) is 9.90 Å². The summed E-state index contributed by atoms with van der Waals surface area (Å²) in [5.74, 6) is 0.483. The lowest BCUT2D eigenvalue weighted by Crippen LogP contribution is -2.43. The molecule has 0 amide bonds. The molecule has 176 valence electrons. The molecule has 1 fully saturated rings. The average molecular weight is 451 g/mol. The number of benzene rings is 2. The first kappa shape index (κ1) is 23.3. The number of aromatic amines is 1. The van der Waals surface area contributed by atoms with Crippen molar-refractivity contribution in [3.05, 3.63) is 64.8 Å². The first-order chi connectivity index (χ1) is 16.0. The highest BCUT2D eigenvalue weighted by Crippen LogP contribution is 2.42. The van der Waals surface area contributed by atoms with Gasteiger partial charge in [-0.15, -0.1) is 0 Å². The van der Waals surface area contributed by atoms with E-state index in [4.69, 9.17) is 9.47 Å². The van der Waals surface area contributed by atoms with Gasteiger partial charge in [0.1, 0.15) is 11.4 Å². The fourth-order valence-corrected chi connectivity index (χ4v) is 5.07. The van der Waals surface area contributed by atoms with E-state index < -0.39 is 5.60 Å². The Bertz CT molecular complexity index is 1120. The zero-order valence-electron chi connectivity index (χ0n) is 19.7. The van der Waals surface area contributed by atoms with Crippen LogP contribution in [-0.2, 0) is 16.9 Å². The number of esters is 1. The van der Waals surface area contributed by atoms with Crippen LogP contribution in [0.15, 0.2) is 42.5 Å². The van der Waals surface area contributed by atoms with Crippen LogP contribution < -0.4 is 10.1 Å². The minimum absolute atomic E-state index is 0.0661. The molecule has 2 aromatic carbocycles. The van der Waals surface area contributed by atoms with Crippen molar-refractivity contribution in [2.75, 3.05) is 20.3 Å². The summed E-state index contributed by atoms with van der Waals surface area (Å²) >= 11 is 0. The van der Waals surface area contributed by atoms with Gasteiger partial charge in [0, 0.05) is 35.5 Å². The van der Waals surface area contributed by atoms with Crippen molar-refractivity contribution in [3.8, 4) is 5.75 Å². The fraction of sp³-hybridized carbons (Fsp3) is 0.444. The zero-order valence-corrected chi connectivity index (χ0v) is 19.7. The molecule has 1 aromatic heterocycles. The maximum atomic E-state index is 12.6. The Hall–Kier alpha value is -2.83. The predicted octanol–water partition coefficient (Wildman–Crippen LogP) is 4.83. The summed E-state index contributed by atoms with van der Waals surface area (Å²) in [6.45, 7) is 5.35. The topological polar surface area (TPSA) is 83.6 Å². The number of carbonyl (C=O) groups excluding carboxylic acids is 1. The number of aliphatic hydroxyl groups is 1. The third-order valence-corrected chi connectivity index (χ3v) is 6.84. The molecule has 1 aliphatic carbocycles. The van der Waals surface area contributed by atoms with Gasteiger partial charge in [0.05, 0.1) is 19.3 Å². The van der Waals surface area contributed by atoms with Crippen molar-refractivity contribution >= 4 is 16.9 Å². The molecule has 0 radical (unpaired) electrons. The summed E-state index contributed by atoms with van der Waals surface area (Å²) < 4.78 is 10.7. The van der Waals surface area contributed by atoms with Gasteiger partial charge in [-0.2, -0.15) is 0 Å². The number of hydrogen-bond donors (Lipinski definition) is 3. The van der Waals surface area contributed by atoms with Crippen molar-refractivity contribution in [3.63, 3.8) is 0 Å². The molecule has 1 saturated carbocycles. The second-order valence-corrected chi connectivity index (χ2v) is 8.98. The van der Waals surface area contributed by atoms with Crippen molar-refractivity contribution in [2.45, 2.75) is 51.7 Å². The minimum Gasteiger partial charge on any atom is -0.497 e. The highest BCUT2D eigenvalue weighted by atomic mass is 16.5. The maximum Gasteiger partial charge on any atom is 0.355 e. The van der Waals surface area contributed by atoms with E-state index in [1.54, 1.807) is 7.11 Å². The van der Waals surface area contributed by atoms with Crippen molar-refractivity contribution in [2.24, 2.45) is 5.92 Å². The van der Waals surface area contributed by atoms with Gasteiger partial charge in [-0.05, 0) is 56.5 Å². The molecule has 0 aliphatic heterocycles. The van der Waals surface area contributed by atoms with Crippen LogP contribution in [0.1, 0.15) is 59.8 Å². The van der Waals surface area contributed by atoms with Crippen LogP contribution in [0.3, 0.4) is 0 Å². The molecule has 4 rings (SSSR count). The van der Waals surface area contributed by atoms with Crippen LogP contribution in [-0.4, -0.2) is 36.3 Å². The summed E-state index contributed by atoms with van der Waals surface area (Å²) in [4.78, 5) is 15.8. The second-order valence-electron chi connectivity index (χ2n) is 8.98. The molecule has 1 heterocycles. The van der Waals surface area contributed by atoms with Gasteiger partial charge < -0.3 is 24.9 Å². The van der Waals surface area contributed by atoms with Crippen molar-refractivity contribution in [1.29, 1.82) is 0 Å². The highest BCUT2D eigenvalue weighted by molar-refractivity contribution is 5.98. The maximum absolute atomic E-state index is 12.6. The van der Waals surface area contributed by atoms with Gasteiger partial charge in [0.25, 0.3) is 0 Å². The number of fused-ring (bicyclic) bond motifs is 1. The summed E-state index contributed by atoms with van der Waals surface area (Å²) in [6, 6.07) is 13.9. The average Bonchev–Trinajstić information content (AvgIpc) is 3.18. The first-order valence-corrected chi connectivity index (χ1v) is 11.8. The molecule has 6 nitrogen and oxygen atoms in total. The Morgan fingerprint density at radius 3 is 2.88 bits per heavy atom. The molecular formula is C27H34N2O4. The van der Waals surface area contributed by atoms with Gasteiger partial charge in [-0.1, -0.05) is 36.6 Å². The molecule has 2 atom stereocenters. The van der Waals surface area contributed by atoms with E-state index >= 15 is 0 Å². The number of H-pyrrole nitrogens is 1. The van der Waals surface area contributed by atoms with Crippen LogP contribution in [0.5, 0.6) is 5.75 Å². The Morgan fingerprint density at radius 2 is 2.09 bits per heavy atom. The van der Waals surface area contributed by atoms with E-state index in [0.717, 1.165) is 59.0 Å². The monoisotopic (exact) mass is 450 g/mol. The number of aryl methyl sites for hydroxylation is 1. The highest BCUT2D eigenvalue weighted by Gasteiger charge is 2.40. The smallest absolute Gasteiger partial charge is 0.355 e. The fourth-order valence-electron chi connectivity index (χ4n) is 5.07. The second kappa shape index (κ2) is 9.98. The number of rotatable bonds is 8. The van der Waals surface area contributed by atoms with Gasteiger partial charge in [0.2, 0.25) is 0 Å². The van der Waals surface area contributed by atoms with Gasteiger partial charge in [0.15, 0.2) is 0 Å². The van der Waals surface area contributed by atoms with Crippen LogP contribution in [0, 0.1) is 12.8 Å². The van der Waals surface area contributed by atoms with Crippen LogP contribution in [0.25, 0.3) is 10.9 Å². The molecule has 33 heavy (non-hydrogen) atoms. The lowest BCUT2D eigenvalue weighted by Gasteiger charge is -2.41. The Balaban J connectivity index is 1.56. The van der Waals surface area contributed by atoms with E-state index in [-0.39, 0.29) is 11.9 Å². The van der Waals surface area contributed by atoms with Gasteiger partial charge in [-0.3, -0.25) is 0 Å². The third kappa shape index (κ3) is 4.77. The van der Waals surface area contributed by atoms with E-state index in [0.29, 0.717) is 25.4 Å². The zero-order chi connectivity index (χ0) is 23.4. The summed E-state index contributed by atoms with van der Waals surface area (Å²) in [7, 11) is 1.65. The predicted molar refractivity (Wildman–Crippen MR) is 130 cm³/mol.